The quantitative estimate of drug-likeness (QED) is 0.679. The lowest BCUT2D eigenvalue weighted by Crippen LogP contribution is -2.51. The first-order valence-electron chi connectivity index (χ1n) is 9.20. The number of fused-ring (bicyclic) bond motifs is 1. The van der Waals surface area contributed by atoms with Crippen LogP contribution in [0.25, 0.3) is 0 Å². The molecular weight excluding hydrogens is 385 g/mol. The van der Waals surface area contributed by atoms with Crippen LogP contribution in [-0.2, 0) is 6.42 Å². The lowest BCUT2D eigenvalue weighted by Gasteiger charge is -2.44. The van der Waals surface area contributed by atoms with Crippen molar-refractivity contribution in [3.63, 3.8) is 0 Å². The van der Waals surface area contributed by atoms with E-state index in [4.69, 9.17) is 27.9 Å². The van der Waals surface area contributed by atoms with Crippen molar-refractivity contribution in [2.75, 3.05) is 18.0 Å². The molecule has 0 saturated carbocycles. The Kier molecular flexibility index (Phi) is 4.77. The van der Waals surface area contributed by atoms with Gasteiger partial charge in [-0.1, -0.05) is 30.1 Å². The summed E-state index contributed by atoms with van der Waals surface area (Å²) in [5, 5.41) is 1.03. The second kappa shape index (κ2) is 6.95. The van der Waals surface area contributed by atoms with Gasteiger partial charge in [-0.15, -0.1) is 0 Å². The van der Waals surface area contributed by atoms with Crippen molar-refractivity contribution < 1.29 is 9.53 Å². The predicted octanol–water partition coefficient (Wildman–Crippen LogP) is 4.66. The van der Waals surface area contributed by atoms with E-state index in [-0.39, 0.29) is 5.78 Å². The van der Waals surface area contributed by atoms with Crippen LogP contribution in [0.1, 0.15) is 47.9 Å². The van der Waals surface area contributed by atoms with Gasteiger partial charge >= 0.3 is 0 Å². The predicted molar refractivity (Wildman–Crippen MR) is 106 cm³/mol. The molecule has 1 fully saturated rings. The average Bonchev–Trinajstić information content (AvgIpc) is 2.63. The molecule has 1 spiro atoms. The molecule has 1 aromatic carbocycles. The maximum absolute atomic E-state index is 12.8. The summed E-state index contributed by atoms with van der Waals surface area (Å²) in [5.41, 5.74) is 1.05. The number of Topliss-reactive ketones (excluding diaryl/α,β-unsaturated/α-hetero) is 1. The Morgan fingerprint density at radius 2 is 1.93 bits per heavy atom. The third kappa shape index (κ3) is 3.50. The van der Waals surface area contributed by atoms with Crippen molar-refractivity contribution in [2.45, 2.75) is 45.1 Å². The zero-order valence-electron chi connectivity index (χ0n) is 15.4. The van der Waals surface area contributed by atoms with Gasteiger partial charge in [0.2, 0.25) is 0 Å². The normalized spacial score (nSPS) is 18.4. The summed E-state index contributed by atoms with van der Waals surface area (Å²) in [7, 11) is 0. The smallest absolute Gasteiger partial charge is 0.170 e. The van der Waals surface area contributed by atoms with Crippen LogP contribution in [0.4, 0.5) is 5.82 Å². The molecule has 0 amide bonds. The highest BCUT2D eigenvalue weighted by molar-refractivity contribution is 6.31. The van der Waals surface area contributed by atoms with Crippen molar-refractivity contribution in [3.8, 4) is 5.75 Å². The third-order valence-corrected chi connectivity index (χ3v) is 5.80. The Hall–Kier alpha value is -1.85. The number of ketones is 1. The van der Waals surface area contributed by atoms with Crippen LogP contribution in [0.15, 0.2) is 18.2 Å². The van der Waals surface area contributed by atoms with E-state index in [9.17, 15) is 4.79 Å². The molecular formula is C20H21Cl2N3O2. The van der Waals surface area contributed by atoms with Crippen LogP contribution in [-0.4, -0.2) is 34.4 Å². The molecule has 0 bridgehead atoms. The zero-order valence-corrected chi connectivity index (χ0v) is 16.9. The first kappa shape index (κ1) is 18.5. The molecule has 0 unspecified atom stereocenters. The van der Waals surface area contributed by atoms with Gasteiger partial charge in [-0.3, -0.25) is 4.79 Å². The Bertz CT molecular complexity index is 908. The number of aromatic nitrogens is 2. The van der Waals surface area contributed by atoms with E-state index < -0.39 is 5.60 Å². The second-order valence-electron chi connectivity index (χ2n) is 7.29. The Morgan fingerprint density at radius 1 is 1.19 bits per heavy atom. The fourth-order valence-corrected chi connectivity index (χ4v) is 4.37. The van der Waals surface area contributed by atoms with Gasteiger partial charge in [0, 0.05) is 43.4 Å². The topological polar surface area (TPSA) is 55.3 Å². The third-order valence-electron chi connectivity index (χ3n) is 5.38. The molecule has 2 aliphatic heterocycles. The summed E-state index contributed by atoms with van der Waals surface area (Å²) in [6, 6.07) is 5.35. The number of anilines is 1. The average molecular weight is 406 g/mol. The number of piperidine rings is 1. The standard InChI is InChI=1S/C20H21Cl2N3O2/c1-3-17-23-16(22)10-18(24-17)25-6-4-20(5-7-25)11-15(26)14-9-13(21)8-12(2)19(14)27-20/h8-10H,3-7,11H2,1-2H3. The molecule has 0 radical (unpaired) electrons. The molecule has 0 N–H and O–H groups in total. The number of nitrogens with zero attached hydrogens (tertiary/aromatic N) is 3. The number of benzene rings is 1. The number of rotatable bonds is 2. The van der Waals surface area contributed by atoms with Crippen molar-refractivity contribution >= 4 is 34.8 Å². The Balaban J connectivity index is 1.55. The maximum Gasteiger partial charge on any atom is 0.170 e. The van der Waals surface area contributed by atoms with Crippen LogP contribution in [0, 0.1) is 6.92 Å². The number of ether oxygens (including phenoxy) is 1. The van der Waals surface area contributed by atoms with E-state index in [1.807, 2.05) is 19.9 Å². The molecule has 5 nitrogen and oxygen atoms in total. The van der Waals surface area contributed by atoms with Gasteiger partial charge in [-0.25, -0.2) is 9.97 Å². The minimum Gasteiger partial charge on any atom is -0.486 e. The van der Waals surface area contributed by atoms with E-state index in [0.29, 0.717) is 27.9 Å². The number of hydrogen-bond donors (Lipinski definition) is 0. The summed E-state index contributed by atoms with van der Waals surface area (Å²) in [4.78, 5) is 23.8. The van der Waals surface area contributed by atoms with Crippen LogP contribution in [0.2, 0.25) is 10.2 Å². The largest absolute Gasteiger partial charge is 0.486 e. The van der Waals surface area contributed by atoms with Gasteiger partial charge in [0.15, 0.2) is 5.78 Å². The van der Waals surface area contributed by atoms with E-state index >= 15 is 0 Å². The van der Waals surface area contributed by atoms with Gasteiger partial charge in [0.05, 0.1) is 12.0 Å². The Morgan fingerprint density at radius 3 is 2.63 bits per heavy atom. The van der Waals surface area contributed by atoms with E-state index in [0.717, 1.165) is 49.6 Å². The van der Waals surface area contributed by atoms with Gasteiger partial charge in [-0.2, -0.15) is 0 Å². The van der Waals surface area contributed by atoms with Crippen molar-refractivity contribution in [1.29, 1.82) is 0 Å². The number of carbonyl (C=O) groups excluding carboxylic acids is 1. The fraction of sp³-hybridized carbons (Fsp3) is 0.450. The molecule has 1 aromatic heterocycles. The monoisotopic (exact) mass is 405 g/mol. The summed E-state index contributed by atoms with van der Waals surface area (Å²) in [5.74, 6) is 2.37. The fourth-order valence-electron chi connectivity index (χ4n) is 3.91. The second-order valence-corrected chi connectivity index (χ2v) is 8.11. The molecule has 142 valence electrons. The van der Waals surface area contributed by atoms with Gasteiger partial charge < -0.3 is 9.64 Å². The van der Waals surface area contributed by atoms with Gasteiger partial charge in [0.1, 0.15) is 28.1 Å². The minimum absolute atomic E-state index is 0.105. The lowest BCUT2D eigenvalue weighted by atomic mass is 9.82. The van der Waals surface area contributed by atoms with Crippen molar-refractivity contribution in [3.05, 3.63) is 45.3 Å². The van der Waals surface area contributed by atoms with E-state index in [1.165, 1.54) is 0 Å². The molecule has 3 heterocycles. The number of aryl methyl sites for hydroxylation is 2. The highest BCUT2D eigenvalue weighted by Gasteiger charge is 2.43. The Labute approximate surface area is 168 Å². The summed E-state index contributed by atoms with van der Waals surface area (Å²) in [6.45, 7) is 5.45. The molecule has 2 aromatic rings. The van der Waals surface area contributed by atoms with Crippen LogP contribution < -0.4 is 9.64 Å². The maximum atomic E-state index is 12.8. The van der Waals surface area contributed by atoms with Gasteiger partial charge in [0.25, 0.3) is 0 Å². The first-order valence-corrected chi connectivity index (χ1v) is 9.95. The van der Waals surface area contributed by atoms with E-state index in [1.54, 1.807) is 12.1 Å². The number of halogens is 2. The van der Waals surface area contributed by atoms with Crippen molar-refractivity contribution in [1.82, 2.24) is 9.97 Å². The molecule has 0 atom stereocenters. The highest BCUT2D eigenvalue weighted by atomic mass is 35.5. The zero-order chi connectivity index (χ0) is 19.2. The minimum atomic E-state index is -0.455. The van der Waals surface area contributed by atoms with Crippen LogP contribution in [0.5, 0.6) is 5.75 Å². The summed E-state index contributed by atoms with van der Waals surface area (Å²) in [6.07, 6.45) is 2.63. The molecule has 1 saturated heterocycles. The number of hydrogen-bond acceptors (Lipinski definition) is 5. The summed E-state index contributed by atoms with van der Waals surface area (Å²) < 4.78 is 6.40. The highest BCUT2D eigenvalue weighted by Crippen LogP contribution is 2.42. The SMILES string of the molecule is CCc1nc(Cl)cc(N2CCC3(CC2)CC(=O)c2cc(Cl)cc(C)c2O3)n1. The lowest BCUT2D eigenvalue weighted by molar-refractivity contribution is 0.0225. The number of carbonyl (C=O) groups is 1. The molecule has 2 aliphatic rings. The molecule has 0 aliphatic carbocycles. The van der Waals surface area contributed by atoms with Gasteiger partial charge in [-0.05, 0) is 24.6 Å². The first-order chi connectivity index (χ1) is 12.9. The molecule has 27 heavy (non-hydrogen) atoms. The van der Waals surface area contributed by atoms with Crippen LogP contribution >= 0.6 is 23.2 Å². The summed E-state index contributed by atoms with van der Waals surface area (Å²) >= 11 is 12.2. The van der Waals surface area contributed by atoms with Crippen molar-refractivity contribution in [2.24, 2.45) is 0 Å². The molecule has 7 heteroatoms. The van der Waals surface area contributed by atoms with E-state index in [2.05, 4.69) is 14.9 Å². The van der Waals surface area contributed by atoms with Crippen LogP contribution in [0.3, 0.4) is 0 Å². The molecule has 4 rings (SSSR count).